The molecular weight excluding hydrogens is 276 g/mol. The molecule has 2 rings (SSSR count). The topological polar surface area (TPSA) is 25.8 Å². The Labute approximate surface area is 123 Å². The van der Waals surface area contributed by atoms with E-state index in [1.807, 2.05) is 19.1 Å². The van der Waals surface area contributed by atoms with E-state index >= 15 is 0 Å². The molecule has 0 N–H and O–H groups in total. The van der Waals surface area contributed by atoms with Gasteiger partial charge in [0.1, 0.15) is 5.15 Å². The highest BCUT2D eigenvalue weighted by Crippen LogP contribution is 2.28. The molecule has 4 heteroatoms. The fourth-order valence-electron chi connectivity index (χ4n) is 2.07. The van der Waals surface area contributed by atoms with E-state index in [4.69, 9.17) is 11.6 Å². The zero-order chi connectivity index (χ0) is 14.0. The lowest BCUT2D eigenvalue weighted by Gasteiger charge is -2.12. The number of nitrogens with zero attached hydrogens (tertiary/aromatic N) is 2. The van der Waals surface area contributed by atoms with Gasteiger partial charge >= 0.3 is 0 Å². The number of thioether (sulfide) groups is 1. The minimum absolute atomic E-state index is 0.334. The van der Waals surface area contributed by atoms with Gasteiger partial charge in [0.25, 0.3) is 0 Å². The van der Waals surface area contributed by atoms with Gasteiger partial charge in [0.05, 0.1) is 0 Å². The first kappa shape index (κ1) is 14.4. The van der Waals surface area contributed by atoms with Gasteiger partial charge in [-0.05, 0) is 31.2 Å². The molecule has 19 heavy (non-hydrogen) atoms. The third-order valence-corrected chi connectivity index (χ3v) is 4.05. The maximum atomic E-state index is 6.28. The van der Waals surface area contributed by atoms with Crippen molar-refractivity contribution in [2.24, 2.45) is 0 Å². The molecule has 0 bridgehead atoms. The van der Waals surface area contributed by atoms with Gasteiger partial charge in [0.2, 0.25) is 0 Å². The molecule has 0 unspecified atom stereocenters. The Morgan fingerprint density at radius 2 is 1.74 bits per heavy atom. The highest BCUT2D eigenvalue weighted by atomic mass is 35.5. The standard InChI is InChI=1S/C15H17ClN2S/c1-9(2)13-10(3)17-15(18-14(13)16)11-5-7-12(19-4)8-6-11/h5-9H,1-4H3. The van der Waals surface area contributed by atoms with Crippen LogP contribution in [-0.4, -0.2) is 16.2 Å². The van der Waals surface area contributed by atoms with Crippen LogP contribution in [0.4, 0.5) is 0 Å². The van der Waals surface area contributed by atoms with E-state index in [9.17, 15) is 0 Å². The highest BCUT2D eigenvalue weighted by molar-refractivity contribution is 7.98. The molecule has 0 aliphatic rings. The largest absolute Gasteiger partial charge is 0.233 e. The van der Waals surface area contributed by atoms with Crippen molar-refractivity contribution in [2.45, 2.75) is 31.6 Å². The van der Waals surface area contributed by atoms with E-state index in [0.29, 0.717) is 16.9 Å². The van der Waals surface area contributed by atoms with Gasteiger partial charge in [0, 0.05) is 21.7 Å². The Hall–Kier alpha value is -1.06. The summed E-state index contributed by atoms with van der Waals surface area (Å²) in [5, 5.41) is 0.562. The van der Waals surface area contributed by atoms with E-state index in [2.05, 4.69) is 42.2 Å². The lowest BCUT2D eigenvalue weighted by molar-refractivity contribution is 0.831. The molecule has 0 radical (unpaired) electrons. The number of rotatable bonds is 3. The van der Waals surface area contributed by atoms with Crippen molar-refractivity contribution in [1.29, 1.82) is 0 Å². The van der Waals surface area contributed by atoms with Crippen LogP contribution in [0.2, 0.25) is 5.15 Å². The van der Waals surface area contributed by atoms with Crippen LogP contribution in [-0.2, 0) is 0 Å². The summed E-state index contributed by atoms with van der Waals surface area (Å²) in [5.74, 6) is 1.03. The average molecular weight is 293 g/mol. The maximum absolute atomic E-state index is 6.28. The van der Waals surface area contributed by atoms with Crippen molar-refractivity contribution in [2.75, 3.05) is 6.26 Å². The fraction of sp³-hybridized carbons (Fsp3) is 0.333. The zero-order valence-electron chi connectivity index (χ0n) is 11.6. The minimum atomic E-state index is 0.334. The molecule has 1 aromatic carbocycles. The molecule has 0 aliphatic heterocycles. The monoisotopic (exact) mass is 292 g/mol. The fourth-order valence-corrected chi connectivity index (χ4v) is 2.91. The van der Waals surface area contributed by atoms with Crippen molar-refractivity contribution in [3.8, 4) is 11.4 Å². The van der Waals surface area contributed by atoms with Gasteiger partial charge < -0.3 is 0 Å². The van der Waals surface area contributed by atoms with E-state index in [1.54, 1.807) is 11.8 Å². The smallest absolute Gasteiger partial charge is 0.161 e. The first-order valence-corrected chi connectivity index (χ1v) is 7.81. The van der Waals surface area contributed by atoms with Crippen molar-refractivity contribution in [1.82, 2.24) is 9.97 Å². The third-order valence-electron chi connectivity index (χ3n) is 3.02. The van der Waals surface area contributed by atoms with Gasteiger partial charge in [-0.2, -0.15) is 0 Å². The van der Waals surface area contributed by atoms with E-state index in [0.717, 1.165) is 16.8 Å². The molecule has 2 nitrogen and oxygen atoms in total. The maximum Gasteiger partial charge on any atom is 0.161 e. The molecular formula is C15H17ClN2S. The van der Waals surface area contributed by atoms with Crippen LogP contribution < -0.4 is 0 Å². The number of hydrogen-bond donors (Lipinski definition) is 0. The zero-order valence-corrected chi connectivity index (χ0v) is 13.1. The van der Waals surface area contributed by atoms with Crippen molar-refractivity contribution in [3.63, 3.8) is 0 Å². The van der Waals surface area contributed by atoms with Gasteiger partial charge in [-0.1, -0.05) is 37.6 Å². The molecule has 1 aromatic heterocycles. The van der Waals surface area contributed by atoms with Crippen molar-refractivity contribution >= 4 is 23.4 Å². The predicted molar refractivity (Wildman–Crippen MR) is 83.1 cm³/mol. The molecule has 0 fully saturated rings. The Morgan fingerprint density at radius 3 is 2.21 bits per heavy atom. The third kappa shape index (κ3) is 3.10. The molecule has 0 amide bonds. The van der Waals surface area contributed by atoms with Crippen LogP contribution >= 0.6 is 23.4 Å². The normalized spacial score (nSPS) is 11.1. The number of aryl methyl sites for hydroxylation is 1. The van der Waals surface area contributed by atoms with Crippen LogP contribution in [0.25, 0.3) is 11.4 Å². The molecule has 0 saturated heterocycles. The summed E-state index contributed by atoms with van der Waals surface area (Å²) < 4.78 is 0. The summed E-state index contributed by atoms with van der Waals surface area (Å²) in [4.78, 5) is 10.2. The van der Waals surface area contributed by atoms with E-state index in [-0.39, 0.29) is 0 Å². The second-order valence-corrected chi connectivity index (χ2v) is 5.96. The molecule has 0 atom stereocenters. The SMILES string of the molecule is CSc1ccc(-c2nc(C)c(C(C)C)c(Cl)n2)cc1. The number of halogens is 1. The summed E-state index contributed by atoms with van der Waals surface area (Å²) in [7, 11) is 0. The van der Waals surface area contributed by atoms with E-state index in [1.165, 1.54) is 4.90 Å². The van der Waals surface area contributed by atoms with Crippen LogP contribution in [0.5, 0.6) is 0 Å². The molecule has 0 saturated carbocycles. The summed E-state index contributed by atoms with van der Waals surface area (Å²) in [6.07, 6.45) is 2.06. The molecule has 0 spiro atoms. The summed E-state index contributed by atoms with van der Waals surface area (Å²) in [6.45, 7) is 6.19. The Balaban J connectivity index is 2.45. The van der Waals surface area contributed by atoms with Crippen LogP contribution in [0.3, 0.4) is 0 Å². The van der Waals surface area contributed by atoms with Crippen LogP contribution in [0, 0.1) is 6.92 Å². The predicted octanol–water partition coefficient (Wildman–Crippen LogP) is 4.95. The molecule has 1 heterocycles. The van der Waals surface area contributed by atoms with Crippen LogP contribution in [0.1, 0.15) is 31.0 Å². The summed E-state index contributed by atoms with van der Waals surface area (Å²) in [5.41, 5.74) is 2.99. The lowest BCUT2D eigenvalue weighted by Crippen LogP contribution is -2.01. The second-order valence-electron chi connectivity index (χ2n) is 4.72. The van der Waals surface area contributed by atoms with Gasteiger partial charge in [-0.3, -0.25) is 0 Å². The Morgan fingerprint density at radius 1 is 1.11 bits per heavy atom. The first-order valence-electron chi connectivity index (χ1n) is 6.21. The lowest BCUT2D eigenvalue weighted by atomic mass is 10.0. The molecule has 100 valence electrons. The van der Waals surface area contributed by atoms with Gasteiger partial charge in [0.15, 0.2) is 5.82 Å². The van der Waals surface area contributed by atoms with Gasteiger partial charge in [-0.25, -0.2) is 9.97 Å². The quantitative estimate of drug-likeness (QED) is 0.591. The van der Waals surface area contributed by atoms with Crippen molar-refractivity contribution in [3.05, 3.63) is 40.7 Å². The number of hydrogen-bond acceptors (Lipinski definition) is 3. The summed E-state index contributed by atoms with van der Waals surface area (Å²) >= 11 is 8.00. The minimum Gasteiger partial charge on any atom is -0.233 e. The number of benzene rings is 1. The Kier molecular flexibility index (Phi) is 4.48. The highest BCUT2D eigenvalue weighted by Gasteiger charge is 2.13. The second kappa shape index (κ2) is 5.93. The average Bonchev–Trinajstić information content (AvgIpc) is 2.37. The van der Waals surface area contributed by atoms with Crippen LogP contribution in [0.15, 0.2) is 29.2 Å². The first-order chi connectivity index (χ1) is 9.02. The van der Waals surface area contributed by atoms with Crippen molar-refractivity contribution < 1.29 is 0 Å². The molecule has 2 aromatic rings. The number of aromatic nitrogens is 2. The Bertz CT molecular complexity index is 556. The van der Waals surface area contributed by atoms with Gasteiger partial charge in [-0.15, -0.1) is 11.8 Å². The van der Waals surface area contributed by atoms with E-state index < -0.39 is 0 Å². The molecule has 0 aliphatic carbocycles. The summed E-state index contributed by atoms with van der Waals surface area (Å²) in [6, 6.07) is 8.21.